The Morgan fingerprint density at radius 2 is 1.75 bits per heavy atom. The highest BCUT2D eigenvalue weighted by Gasteiger charge is 2.25. The van der Waals surface area contributed by atoms with Crippen LogP contribution in [0.4, 0.5) is 5.69 Å². The summed E-state index contributed by atoms with van der Waals surface area (Å²) in [6.45, 7) is 13.0. The molecule has 2 fully saturated rings. The summed E-state index contributed by atoms with van der Waals surface area (Å²) >= 11 is 0. The van der Waals surface area contributed by atoms with Crippen LogP contribution in [0.15, 0.2) is 47.3 Å². The Kier molecular flexibility index (Phi) is 10.6. The standard InChI is InChI=1S/C37H50N4O3/c1-6-41(32-14-18-44-19-15-32)35-23-31(30-11-9-29(10-12-30)21-28-8-7-16-40(5)17-13-28)22-33(27(35)4)36(42)38-24-34-25(2)20-26(3)39-37(34)43/h9-12,20,22-23,28,32H,6-8,13-19,21,24H2,1-5H3,(H,38,42)(H,39,43). The number of carbonyl (C=O) groups is 1. The van der Waals surface area contributed by atoms with Crippen molar-refractivity contribution in [2.75, 3.05) is 44.8 Å². The molecule has 7 nitrogen and oxygen atoms in total. The van der Waals surface area contributed by atoms with E-state index in [0.29, 0.717) is 17.2 Å². The molecule has 1 unspecified atom stereocenters. The number of aromatic nitrogens is 1. The Bertz CT molecular complexity index is 1490. The van der Waals surface area contributed by atoms with Crippen molar-refractivity contribution in [3.63, 3.8) is 0 Å². The fourth-order valence-corrected chi connectivity index (χ4v) is 7.07. The average molecular weight is 599 g/mol. The topological polar surface area (TPSA) is 77.7 Å². The van der Waals surface area contributed by atoms with E-state index in [-0.39, 0.29) is 18.0 Å². The van der Waals surface area contributed by atoms with E-state index in [2.05, 4.69) is 64.4 Å². The van der Waals surface area contributed by atoms with Crippen LogP contribution >= 0.6 is 0 Å². The zero-order valence-electron chi connectivity index (χ0n) is 27.3. The number of anilines is 1. The van der Waals surface area contributed by atoms with Crippen molar-refractivity contribution in [3.05, 3.63) is 86.3 Å². The first kappa shape index (κ1) is 32.0. The largest absolute Gasteiger partial charge is 0.381 e. The van der Waals surface area contributed by atoms with E-state index in [1.54, 1.807) is 0 Å². The smallest absolute Gasteiger partial charge is 0.253 e. The van der Waals surface area contributed by atoms with E-state index in [1.165, 1.54) is 37.9 Å². The number of carbonyl (C=O) groups excluding carboxylic acids is 1. The van der Waals surface area contributed by atoms with Gasteiger partial charge in [0.1, 0.15) is 0 Å². The minimum Gasteiger partial charge on any atom is -0.381 e. The van der Waals surface area contributed by atoms with Crippen molar-refractivity contribution in [1.29, 1.82) is 0 Å². The van der Waals surface area contributed by atoms with E-state index in [1.807, 2.05) is 32.9 Å². The number of aromatic amines is 1. The summed E-state index contributed by atoms with van der Waals surface area (Å²) in [5.74, 6) is 0.567. The number of hydrogen-bond acceptors (Lipinski definition) is 5. The predicted octanol–water partition coefficient (Wildman–Crippen LogP) is 6.18. The fraction of sp³-hybridized carbons (Fsp3) is 0.514. The monoisotopic (exact) mass is 598 g/mol. The third kappa shape index (κ3) is 7.62. The molecule has 0 aliphatic carbocycles. The average Bonchev–Trinajstić information content (AvgIpc) is 3.22. The quantitative estimate of drug-likeness (QED) is 0.308. The van der Waals surface area contributed by atoms with Crippen LogP contribution in [-0.4, -0.2) is 61.7 Å². The van der Waals surface area contributed by atoms with Crippen LogP contribution in [-0.2, 0) is 17.7 Å². The van der Waals surface area contributed by atoms with Gasteiger partial charge >= 0.3 is 0 Å². The van der Waals surface area contributed by atoms with Gasteiger partial charge in [0.2, 0.25) is 0 Å². The molecule has 2 aliphatic heterocycles. The molecule has 0 saturated carbocycles. The molecular weight excluding hydrogens is 548 g/mol. The van der Waals surface area contributed by atoms with E-state index in [0.717, 1.165) is 78.6 Å². The SMILES string of the molecule is CCN(c1cc(-c2ccc(CC3CCCN(C)CC3)cc2)cc(C(=O)NCc2c(C)cc(C)[nH]c2=O)c1C)C1CCOCC1. The van der Waals surface area contributed by atoms with Gasteiger partial charge in [-0.3, -0.25) is 9.59 Å². The number of amides is 1. The number of aryl methyl sites for hydroxylation is 2. The van der Waals surface area contributed by atoms with E-state index in [4.69, 9.17) is 4.74 Å². The summed E-state index contributed by atoms with van der Waals surface area (Å²) in [6, 6.07) is 15.6. The van der Waals surface area contributed by atoms with Crippen molar-refractivity contribution in [2.45, 2.75) is 78.8 Å². The molecule has 7 heteroatoms. The summed E-state index contributed by atoms with van der Waals surface area (Å²) in [7, 11) is 2.23. The lowest BCUT2D eigenvalue weighted by molar-refractivity contribution is 0.0846. The lowest BCUT2D eigenvalue weighted by atomic mass is 9.91. The number of benzene rings is 2. The van der Waals surface area contributed by atoms with Gasteiger partial charge in [-0.2, -0.15) is 0 Å². The molecule has 1 amide bonds. The molecule has 2 N–H and O–H groups in total. The van der Waals surface area contributed by atoms with Crippen LogP contribution < -0.4 is 15.8 Å². The third-order valence-corrected chi connectivity index (χ3v) is 9.71. The maximum Gasteiger partial charge on any atom is 0.253 e. The van der Waals surface area contributed by atoms with Gasteiger partial charge in [0.15, 0.2) is 0 Å². The Morgan fingerprint density at radius 1 is 1.00 bits per heavy atom. The number of hydrogen-bond donors (Lipinski definition) is 2. The number of pyridine rings is 1. The Balaban J connectivity index is 1.44. The second kappa shape index (κ2) is 14.6. The number of ether oxygens (including phenoxy) is 1. The molecule has 3 aromatic rings. The fourth-order valence-electron chi connectivity index (χ4n) is 7.07. The van der Waals surface area contributed by atoms with Gasteiger partial charge in [0, 0.05) is 54.9 Å². The minimum atomic E-state index is -0.164. The molecule has 2 aromatic carbocycles. The van der Waals surface area contributed by atoms with Crippen LogP contribution in [0.5, 0.6) is 0 Å². The van der Waals surface area contributed by atoms with Gasteiger partial charge in [-0.15, -0.1) is 0 Å². The van der Waals surface area contributed by atoms with Crippen LogP contribution in [0.3, 0.4) is 0 Å². The lowest BCUT2D eigenvalue weighted by Gasteiger charge is -2.37. The molecule has 1 atom stereocenters. The van der Waals surface area contributed by atoms with Gasteiger partial charge in [-0.1, -0.05) is 24.3 Å². The molecule has 3 heterocycles. The summed E-state index contributed by atoms with van der Waals surface area (Å²) in [4.78, 5) is 34.2. The van der Waals surface area contributed by atoms with Crippen molar-refractivity contribution in [3.8, 4) is 11.1 Å². The highest BCUT2D eigenvalue weighted by atomic mass is 16.5. The van der Waals surface area contributed by atoms with E-state index in [9.17, 15) is 9.59 Å². The van der Waals surface area contributed by atoms with Crippen LogP contribution in [0.2, 0.25) is 0 Å². The van der Waals surface area contributed by atoms with Crippen LogP contribution in [0.1, 0.15) is 77.3 Å². The Labute approximate surface area is 263 Å². The molecular formula is C37H50N4O3. The minimum absolute atomic E-state index is 0.151. The second-order valence-electron chi connectivity index (χ2n) is 12.9. The number of nitrogens with one attached hydrogen (secondary N) is 2. The van der Waals surface area contributed by atoms with E-state index >= 15 is 0 Å². The van der Waals surface area contributed by atoms with E-state index < -0.39 is 0 Å². The van der Waals surface area contributed by atoms with Crippen molar-refractivity contribution < 1.29 is 9.53 Å². The summed E-state index contributed by atoms with van der Waals surface area (Å²) in [6.07, 6.45) is 6.88. The summed E-state index contributed by atoms with van der Waals surface area (Å²) < 4.78 is 5.67. The molecule has 1 aromatic heterocycles. The van der Waals surface area contributed by atoms with Crippen LogP contribution in [0, 0.1) is 26.7 Å². The molecule has 0 spiro atoms. The zero-order valence-corrected chi connectivity index (χ0v) is 27.3. The molecule has 2 aliphatic rings. The zero-order chi connectivity index (χ0) is 31.2. The number of H-pyrrole nitrogens is 1. The highest BCUT2D eigenvalue weighted by molar-refractivity contribution is 5.99. The van der Waals surface area contributed by atoms with Crippen molar-refractivity contribution >= 4 is 11.6 Å². The lowest BCUT2D eigenvalue weighted by Crippen LogP contribution is -2.40. The highest BCUT2D eigenvalue weighted by Crippen LogP contribution is 2.34. The number of likely N-dealkylation sites (tertiary alicyclic amines) is 1. The van der Waals surface area contributed by atoms with Crippen molar-refractivity contribution in [1.82, 2.24) is 15.2 Å². The second-order valence-corrected chi connectivity index (χ2v) is 12.9. The predicted molar refractivity (Wildman–Crippen MR) is 180 cm³/mol. The molecule has 5 rings (SSSR count). The van der Waals surface area contributed by atoms with Gasteiger partial charge in [-0.05, 0) is 138 Å². The van der Waals surface area contributed by atoms with Crippen LogP contribution in [0.25, 0.3) is 11.1 Å². The Morgan fingerprint density at radius 3 is 2.45 bits per heavy atom. The third-order valence-electron chi connectivity index (χ3n) is 9.71. The molecule has 0 radical (unpaired) electrons. The molecule has 236 valence electrons. The van der Waals surface area contributed by atoms with Gasteiger partial charge in [0.05, 0.1) is 0 Å². The maximum absolute atomic E-state index is 13.8. The Hall–Kier alpha value is -3.42. The number of nitrogens with zero attached hydrogens (tertiary/aromatic N) is 2. The molecule has 2 saturated heterocycles. The van der Waals surface area contributed by atoms with Gasteiger partial charge in [0.25, 0.3) is 11.5 Å². The summed E-state index contributed by atoms with van der Waals surface area (Å²) in [5, 5.41) is 3.06. The summed E-state index contributed by atoms with van der Waals surface area (Å²) in [5.41, 5.74) is 8.36. The van der Waals surface area contributed by atoms with Gasteiger partial charge < -0.3 is 24.8 Å². The first-order valence-electron chi connectivity index (χ1n) is 16.5. The van der Waals surface area contributed by atoms with Crippen molar-refractivity contribution in [2.24, 2.45) is 5.92 Å². The molecule has 44 heavy (non-hydrogen) atoms. The first-order valence-corrected chi connectivity index (χ1v) is 16.5. The number of rotatable bonds is 9. The first-order chi connectivity index (χ1) is 21.2. The molecule has 0 bridgehead atoms. The maximum atomic E-state index is 13.8. The normalized spacial score (nSPS) is 18.2. The van der Waals surface area contributed by atoms with Gasteiger partial charge in [-0.25, -0.2) is 0 Å².